The quantitative estimate of drug-likeness (QED) is 0.830. The number of hydrogen-bond acceptors (Lipinski definition) is 3. The minimum Gasteiger partial charge on any atom is -0.386 e. The van der Waals surface area contributed by atoms with Crippen molar-refractivity contribution in [1.29, 1.82) is 0 Å². The molecule has 1 saturated carbocycles. The molecule has 3 rings (SSSR count). The molecule has 1 aliphatic carbocycles. The monoisotopic (exact) mass is 280 g/mol. The molecule has 2 saturated heterocycles. The van der Waals surface area contributed by atoms with Crippen molar-refractivity contribution < 1.29 is 14.7 Å². The van der Waals surface area contributed by atoms with E-state index in [9.17, 15) is 14.7 Å². The van der Waals surface area contributed by atoms with Gasteiger partial charge in [-0.25, -0.2) is 0 Å². The van der Waals surface area contributed by atoms with Crippen LogP contribution < -0.4 is 0 Å². The van der Waals surface area contributed by atoms with E-state index in [0.29, 0.717) is 38.5 Å². The Morgan fingerprint density at radius 3 is 2.60 bits per heavy atom. The standard InChI is InChI=1S/C15H24N2O3/c1-2-15(20)9-16(10-15)14(19)11-7-13(18)17(8-11)12-5-3-4-6-12/h11-12,20H,2-10H2,1H3. The Bertz CT molecular complexity index is 411. The molecule has 0 aromatic carbocycles. The third-order valence-corrected chi connectivity index (χ3v) is 5.21. The predicted molar refractivity (Wildman–Crippen MR) is 73.9 cm³/mol. The summed E-state index contributed by atoms with van der Waals surface area (Å²) in [5.41, 5.74) is -0.691. The molecule has 20 heavy (non-hydrogen) atoms. The third-order valence-electron chi connectivity index (χ3n) is 5.21. The maximum absolute atomic E-state index is 12.4. The zero-order valence-electron chi connectivity index (χ0n) is 12.2. The van der Waals surface area contributed by atoms with Gasteiger partial charge in [-0.2, -0.15) is 0 Å². The number of rotatable bonds is 3. The molecule has 2 aliphatic heterocycles. The van der Waals surface area contributed by atoms with Crippen molar-refractivity contribution in [3.05, 3.63) is 0 Å². The largest absolute Gasteiger partial charge is 0.386 e. The summed E-state index contributed by atoms with van der Waals surface area (Å²) in [5, 5.41) is 9.99. The van der Waals surface area contributed by atoms with Crippen molar-refractivity contribution in [2.45, 2.75) is 57.1 Å². The highest BCUT2D eigenvalue weighted by molar-refractivity contribution is 5.90. The Morgan fingerprint density at radius 1 is 1.35 bits per heavy atom. The molecule has 1 unspecified atom stereocenters. The van der Waals surface area contributed by atoms with Gasteiger partial charge in [0, 0.05) is 19.0 Å². The van der Waals surface area contributed by atoms with Gasteiger partial charge in [-0.15, -0.1) is 0 Å². The molecule has 1 N–H and O–H groups in total. The van der Waals surface area contributed by atoms with Gasteiger partial charge in [-0.05, 0) is 19.3 Å². The highest BCUT2D eigenvalue weighted by Crippen LogP contribution is 2.32. The van der Waals surface area contributed by atoms with Gasteiger partial charge >= 0.3 is 0 Å². The van der Waals surface area contributed by atoms with Gasteiger partial charge in [0.25, 0.3) is 0 Å². The SMILES string of the molecule is CCC1(O)CN(C(=O)C2CC(=O)N(C3CCCC3)C2)C1. The van der Waals surface area contributed by atoms with E-state index < -0.39 is 5.60 Å². The van der Waals surface area contributed by atoms with Crippen LogP contribution in [-0.4, -0.2) is 58.0 Å². The molecule has 0 aromatic rings. The second kappa shape index (κ2) is 5.02. The number of aliphatic hydroxyl groups is 1. The fourth-order valence-corrected chi connectivity index (χ4v) is 3.77. The maximum atomic E-state index is 12.4. The van der Waals surface area contributed by atoms with E-state index >= 15 is 0 Å². The number of likely N-dealkylation sites (tertiary alicyclic amines) is 2. The van der Waals surface area contributed by atoms with Crippen LogP contribution in [0.4, 0.5) is 0 Å². The van der Waals surface area contributed by atoms with Crippen LogP contribution in [0.5, 0.6) is 0 Å². The molecule has 0 radical (unpaired) electrons. The van der Waals surface area contributed by atoms with Crippen LogP contribution in [-0.2, 0) is 9.59 Å². The molecule has 0 aromatic heterocycles. The summed E-state index contributed by atoms with van der Waals surface area (Å²) in [7, 11) is 0. The molecule has 0 spiro atoms. The van der Waals surface area contributed by atoms with E-state index in [1.54, 1.807) is 4.90 Å². The van der Waals surface area contributed by atoms with Crippen molar-refractivity contribution in [3.63, 3.8) is 0 Å². The van der Waals surface area contributed by atoms with Crippen LogP contribution in [0.2, 0.25) is 0 Å². The minimum atomic E-state index is -0.691. The van der Waals surface area contributed by atoms with Crippen LogP contribution in [0.15, 0.2) is 0 Å². The Kier molecular flexibility index (Phi) is 3.48. The summed E-state index contributed by atoms with van der Waals surface area (Å²) in [4.78, 5) is 28.1. The number of carbonyl (C=O) groups excluding carboxylic acids is 2. The second-order valence-electron chi connectivity index (χ2n) is 6.66. The minimum absolute atomic E-state index is 0.0528. The average molecular weight is 280 g/mol. The number of carbonyl (C=O) groups is 2. The number of amides is 2. The highest BCUT2D eigenvalue weighted by Gasteiger charge is 2.46. The van der Waals surface area contributed by atoms with E-state index in [2.05, 4.69) is 0 Å². The van der Waals surface area contributed by atoms with Gasteiger partial charge in [0.05, 0.1) is 24.6 Å². The highest BCUT2D eigenvalue weighted by atomic mass is 16.3. The van der Waals surface area contributed by atoms with Crippen LogP contribution in [0.1, 0.15) is 45.4 Å². The summed E-state index contributed by atoms with van der Waals surface area (Å²) >= 11 is 0. The summed E-state index contributed by atoms with van der Waals surface area (Å²) in [5.74, 6) is 0.00278. The van der Waals surface area contributed by atoms with Crippen LogP contribution in [0.25, 0.3) is 0 Å². The van der Waals surface area contributed by atoms with Crippen molar-refractivity contribution in [2.24, 2.45) is 5.92 Å². The molecular formula is C15H24N2O3. The fraction of sp³-hybridized carbons (Fsp3) is 0.867. The molecule has 5 heteroatoms. The first-order valence-corrected chi connectivity index (χ1v) is 7.83. The second-order valence-corrected chi connectivity index (χ2v) is 6.66. The molecule has 1 atom stereocenters. The summed E-state index contributed by atoms with van der Waals surface area (Å²) < 4.78 is 0. The fourth-order valence-electron chi connectivity index (χ4n) is 3.77. The molecule has 5 nitrogen and oxygen atoms in total. The summed E-state index contributed by atoms with van der Waals surface area (Å²) in [6.07, 6.45) is 5.61. The van der Waals surface area contributed by atoms with Gasteiger partial charge < -0.3 is 14.9 Å². The van der Waals surface area contributed by atoms with Crippen LogP contribution in [0.3, 0.4) is 0 Å². The Balaban J connectivity index is 1.57. The lowest BCUT2D eigenvalue weighted by molar-refractivity contribution is -0.159. The summed E-state index contributed by atoms with van der Waals surface area (Å²) in [6, 6.07) is 0.365. The zero-order valence-corrected chi connectivity index (χ0v) is 12.2. The first kappa shape index (κ1) is 13.9. The molecule has 112 valence electrons. The third kappa shape index (κ3) is 2.32. The van der Waals surface area contributed by atoms with E-state index in [1.807, 2.05) is 11.8 Å². The number of nitrogens with zero attached hydrogens (tertiary/aromatic N) is 2. The smallest absolute Gasteiger partial charge is 0.228 e. The van der Waals surface area contributed by atoms with Gasteiger partial charge in [-0.1, -0.05) is 19.8 Å². The Labute approximate surface area is 119 Å². The van der Waals surface area contributed by atoms with Gasteiger partial charge in [0.1, 0.15) is 0 Å². The molecular weight excluding hydrogens is 256 g/mol. The van der Waals surface area contributed by atoms with Gasteiger partial charge in [0.15, 0.2) is 0 Å². The van der Waals surface area contributed by atoms with E-state index in [1.165, 1.54) is 12.8 Å². The van der Waals surface area contributed by atoms with E-state index in [0.717, 1.165) is 12.8 Å². The van der Waals surface area contributed by atoms with Crippen molar-refractivity contribution >= 4 is 11.8 Å². The van der Waals surface area contributed by atoms with Gasteiger partial charge in [0.2, 0.25) is 11.8 Å². The number of β-amino-alcohol motifs (C(OH)–C–C–N with tert-alkyl or cyclic N) is 1. The molecule has 3 fully saturated rings. The molecule has 0 bridgehead atoms. The van der Waals surface area contributed by atoms with Crippen molar-refractivity contribution in [1.82, 2.24) is 9.80 Å². The summed E-state index contributed by atoms with van der Waals surface area (Å²) in [6.45, 7) is 3.37. The van der Waals surface area contributed by atoms with Crippen molar-refractivity contribution in [2.75, 3.05) is 19.6 Å². The maximum Gasteiger partial charge on any atom is 0.228 e. The first-order valence-electron chi connectivity index (χ1n) is 7.83. The average Bonchev–Trinajstić information content (AvgIpc) is 3.02. The van der Waals surface area contributed by atoms with Crippen LogP contribution in [0, 0.1) is 5.92 Å². The van der Waals surface area contributed by atoms with Crippen molar-refractivity contribution in [3.8, 4) is 0 Å². The van der Waals surface area contributed by atoms with Crippen LogP contribution >= 0.6 is 0 Å². The molecule has 2 heterocycles. The van der Waals surface area contributed by atoms with E-state index in [-0.39, 0.29) is 17.7 Å². The lowest BCUT2D eigenvalue weighted by Gasteiger charge is -2.47. The Hall–Kier alpha value is -1.10. The van der Waals surface area contributed by atoms with E-state index in [4.69, 9.17) is 0 Å². The number of hydrogen-bond donors (Lipinski definition) is 1. The predicted octanol–water partition coefficient (Wildman–Crippen LogP) is 0.761. The Morgan fingerprint density at radius 2 is 2.00 bits per heavy atom. The van der Waals surface area contributed by atoms with Gasteiger partial charge in [-0.3, -0.25) is 9.59 Å². The lowest BCUT2D eigenvalue weighted by Crippen LogP contribution is -2.64. The molecule has 3 aliphatic rings. The topological polar surface area (TPSA) is 60.9 Å². The molecule has 2 amide bonds. The normalized spacial score (nSPS) is 29.9. The zero-order chi connectivity index (χ0) is 14.3. The first-order chi connectivity index (χ1) is 9.52. The lowest BCUT2D eigenvalue weighted by atomic mass is 9.89.